The summed E-state index contributed by atoms with van der Waals surface area (Å²) in [6, 6.07) is 1.23. The quantitative estimate of drug-likeness (QED) is 0.724. The van der Waals surface area contributed by atoms with Crippen LogP contribution in [0.5, 0.6) is 0 Å². The van der Waals surface area contributed by atoms with E-state index in [0.717, 1.165) is 25.4 Å². The molecule has 0 spiro atoms. The van der Waals surface area contributed by atoms with E-state index in [0.29, 0.717) is 12.6 Å². The number of hydrogen-bond donors (Lipinski definition) is 0. The summed E-state index contributed by atoms with van der Waals surface area (Å²) >= 11 is 0. The zero-order valence-corrected chi connectivity index (χ0v) is 9.45. The van der Waals surface area contributed by atoms with Gasteiger partial charge in [-0.1, -0.05) is 0 Å². The van der Waals surface area contributed by atoms with Crippen molar-refractivity contribution in [3.05, 3.63) is 23.9 Å². The summed E-state index contributed by atoms with van der Waals surface area (Å²) in [6.45, 7) is 4.37. The second-order valence-electron chi connectivity index (χ2n) is 4.23. The number of likely N-dealkylation sites (N-methyl/N-ethyl adjacent to an activating group) is 1. The molecule has 0 aromatic carbocycles. The molecule has 2 heterocycles. The number of hydrogen-bond acceptors (Lipinski definition) is 3. The normalized spacial score (nSPS) is 22.5. The predicted molar refractivity (Wildman–Crippen MR) is 58.5 cm³/mol. The molecule has 0 bridgehead atoms. The molecule has 0 radical (unpaired) electrons. The van der Waals surface area contributed by atoms with Gasteiger partial charge < -0.3 is 9.80 Å². The van der Waals surface area contributed by atoms with Gasteiger partial charge in [0.05, 0.1) is 6.20 Å². The molecule has 0 unspecified atom stereocenters. The molecule has 1 aromatic heterocycles. The van der Waals surface area contributed by atoms with E-state index in [-0.39, 0.29) is 5.82 Å². The first-order chi connectivity index (χ1) is 7.58. The number of piperazine rings is 1. The van der Waals surface area contributed by atoms with Crippen LogP contribution in [-0.4, -0.2) is 42.6 Å². The van der Waals surface area contributed by atoms with Gasteiger partial charge in [0.2, 0.25) is 0 Å². The highest BCUT2D eigenvalue weighted by atomic mass is 19.1. The Labute approximate surface area is 93.7 Å². The Balaban J connectivity index is 2.18. The molecule has 0 N–H and O–H groups in total. The maximum atomic E-state index is 13.5. The average molecular weight is 227 g/mol. The largest absolute Gasteiger partial charge is 0.351 e. The van der Waals surface area contributed by atoms with Gasteiger partial charge in [-0.2, -0.15) is 0 Å². The number of halogens is 2. The Hall–Kier alpha value is -1.23. The molecular formula is C11H15F2N3. The third kappa shape index (κ3) is 2.14. The van der Waals surface area contributed by atoms with Crippen LogP contribution in [0.1, 0.15) is 6.92 Å². The van der Waals surface area contributed by atoms with Gasteiger partial charge in [-0.05, 0) is 14.0 Å². The van der Waals surface area contributed by atoms with E-state index < -0.39 is 11.6 Å². The van der Waals surface area contributed by atoms with Crippen LogP contribution in [0.4, 0.5) is 14.6 Å². The molecule has 1 aliphatic rings. The van der Waals surface area contributed by atoms with Gasteiger partial charge in [0.1, 0.15) is 5.82 Å². The van der Waals surface area contributed by atoms with Crippen molar-refractivity contribution < 1.29 is 8.78 Å². The molecule has 1 aromatic rings. The van der Waals surface area contributed by atoms with Crippen molar-refractivity contribution in [2.24, 2.45) is 0 Å². The zero-order chi connectivity index (χ0) is 11.7. The summed E-state index contributed by atoms with van der Waals surface area (Å²) in [4.78, 5) is 7.89. The number of nitrogens with zero attached hydrogens (tertiary/aromatic N) is 3. The van der Waals surface area contributed by atoms with Crippen LogP contribution < -0.4 is 4.90 Å². The maximum Gasteiger partial charge on any atom is 0.168 e. The van der Waals surface area contributed by atoms with E-state index in [1.54, 1.807) is 0 Å². The fourth-order valence-electron chi connectivity index (χ4n) is 1.88. The van der Waals surface area contributed by atoms with E-state index in [4.69, 9.17) is 0 Å². The van der Waals surface area contributed by atoms with Crippen LogP contribution in [-0.2, 0) is 0 Å². The van der Waals surface area contributed by atoms with Crippen molar-refractivity contribution in [2.45, 2.75) is 13.0 Å². The third-order valence-corrected chi connectivity index (χ3v) is 3.05. The monoisotopic (exact) mass is 227 g/mol. The lowest BCUT2D eigenvalue weighted by Crippen LogP contribution is -2.50. The van der Waals surface area contributed by atoms with Crippen molar-refractivity contribution in [1.29, 1.82) is 0 Å². The second-order valence-corrected chi connectivity index (χ2v) is 4.23. The molecule has 16 heavy (non-hydrogen) atoms. The standard InChI is InChI=1S/C11H15F2N3/c1-8-7-16(4-3-15(8)2)11-10(13)5-9(12)6-14-11/h5-6,8H,3-4,7H2,1-2H3/t8-/m1/s1. The fourth-order valence-corrected chi connectivity index (χ4v) is 1.88. The molecular weight excluding hydrogens is 212 g/mol. The summed E-state index contributed by atoms with van der Waals surface area (Å²) in [7, 11) is 2.04. The summed E-state index contributed by atoms with van der Waals surface area (Å²) in [5.41, 5.74) is 0. The minimum atomic E-state index is -0.636. The van der Waals surface area contributed by atoms with Crippen molar-refractivity contribution in [1.82, 2.24) is 9.88 Å². The van der Waals surface area contributed by atoms with E-state index >= 15 is 0 Å². The first-order valence-electron chi connectivity index (χ1n) is 5.34. The Morgan fingerprint density at radius 3 is 2.75 bits per heavy atom. The number of anilines is 1. The zero-order valence-electron chi connectivity index (χ0n) is 9.45. The van der Waals surface area contributed by atoms with Gasteiger partial charge in [0.25, 0.3) is 0 Å². The summed E-state index contributed by atoms with van der Waals surface area (Å²) in [6.07, 6.45) is 1.06. The predicted octanol–water partition coefficient (Wildman–Crippen LogP) is 1.50. The smallest absolute Gasteiger partial charge is 0.168 e. The number of rotatable bonds is 1. The minimum absolute atomic E-state index is 0.251. The van der Waals surface area contributed by atoms with Gasteiger partial charge in [0, 0.05) is 31.7 Å². The molecule has 1 fully saturated rings. The minimum Gasteiger partial charge on any atom is -0.351 e. The molecule has 1 atom stereocenters. The lowest BCUT2D eigenvalue weighted by atomic mass is 10.2. The van der Waals surface area contributed by atoms with Crippen LogP contribution in [0, 0.1) is 11.6 Å². The fraction of sp³-hybridized carbons (Fsp3) is 0.545. The lowest BCUT2D eigenvalue weighted by Gasteiger charge is -2.38. The third-order valence-electron chi connectivity index (χ3n) is 3.05. The van der Waals surface area contributed by atoms with Crippen molar-refractivity contribution in [3.8, 4) is 0 Å². The van der Waals surface area contributed by atoms with Gasteiger partial charge in [-0.25, -0.2) is 13.8 Å². The van der Waals surface area contributed by atoms with E-state index in [1.165, 1.54) is 0 Å². The van der Waals surface area contributed by atoms with Crippen LogP contribution in [0.25, 0.3) is 0 Å². The Morgan fingerprint density at radius 2 is 2.12 bits per heavy atom. The molecule has 0 saturated carbocycles. The molecule has 3 nitrogen and oxygen atoms in total. The topological polar surface area (TPSA) is 19.4 Å². The highest BCUT2D eigenvalue weighted by Gasteiger charge is 2.23. The van der Waals surface area contributed by atoms with Gasteiger partial charge in [-0.3, -0.25) is 0 Å². The highest BCUT2D eigenvalue weighted by Crippen LogP contribution is 2.19. The van der Waals surface area contributed by atoms with Crippen molar-refractivity contribution >= 4 is 5.82 Å². The first kappa shape index (κ1) is 11.3. The molecule has 1 saturated heterocycles. The molecule has 0 aliphatic carbocycles. The molecule has 0 amide bonds. The molecule has 88 valence electrons. The Morgan fingerprint density at radius 1 is 1.38 bits per heavy atom. The van der Waals surface area contributed by atoms with Gasteiger partial charge in [0.15, 0.2) is 11.6 Å². The Kier molecular flexibility index (Phi) is 3.05. The first-order valence-corrected chi connectivity index (χ1v) is 5.34. The van der Waals surface area contributed by atoms with Gasteiger partial charge >= 0.3 is 0 Å². The highest BCUT2D eigenvalue weighted by molar-refractivity contribution is 5.40. The number of pyridine rings is 1. The van der Waals surface area contributed by atoms with Crippen LogP contribution in [0.3, 0.4) is 0 Å². The summed E-state index contributed by atoms with van der Waals surface area (Å²) in [5, 5.41) is 0. The summed E-state index contributed by atoms with van der Waals surface area (Å²) < 4.78 is 26.2. The molecule has 1 aliphatic heterocycles. The van der Waals surface area contributed by atoms with Crippen molar-refractivity contribution in [2.75, 3.05) is 31.6 Å². The molecule has 2 rings (SSSR count). The van der Waals surface area contributed by atoms with Crippen molar-refractivity contribution in [3.63, 3.8) is 0 Å². The van der Waals surface area contributed by atoms with E-state index in [2.05, 4.69) is 16.8 Å². The van der Waals surface area contributed by atoms with Crippen LogP contribution in [0.15, 0.2) is 12.3 Å². The van der Waals surface area contributed by atoms with E-state index in [9.17, 15) is 8.78 Å². The SMILES string of the molecule is C[C@@H]1CN(c2ncc(F)cc2F)CCN1C. The summed E-state index contributed by atoms with van der Waals surface area (Å²) in [5.74, 6) is -0.971. The van der Waals surface area contributed by atoms with Crippen LogP contribution >= 0.6 is 0 Å². The van der Waals surface area contributed by atoms with E-state index in [1.807, 2.05) is 11.9 Å². The molecule has 5 heteroatoms. The van der Waals surface area contributed by atoms with Crippen LogP contribution in [0.2, 0.25) is 0 Å². The maximum absolute atomic E-state index is 13.5. The Bertz CT molecular complexity index is 383. The number of aromatic nitrogens is 1. The lowest BCUT2D eigenvalue weighted by molar-refractivity contribution is 0.232. The van der Waals surface area contributed by atoms with Gasteiger partial charge in [-0.15, -0.1) is 0 Å². The second kappa shape index (κ2) is 4.33. The average Bonchev–Trinajstić information content (AvgIpc) is 2.22.